The van der Waals surface area contributed by atoms with Crippen LogP contribution in [-0.4, -0.2) is 28.9 Å². The lowest BCUT2D eigenvalue weighted by Gasteiger charge is -2.25. The number of nitrogens with one attached hydrogen (secondary N) is 1. The molecule has 0 bridgehead atoms. The van der Waals surface area contributed by atoms with Gasteiger partial charge in [0.05, 0.1) is 5.69 Å². The summed E-state index contributed by atoms with van der Waals surface area (Å²) in [6.07, 6.45) is 0. The Hall–Kier alpha value is -0.940. The maximum atomic E-state index is 11.0. The molecule has 1 amide bonds. The zero-order valence-electron chi connectivity index (χ0n) is 12.6. The molecule has 1 heterocycles. The number of carbonyl (C=O) groups excluding carboxylic acids is 1. The van der Waals surface area contributed by atoms with Crippen LogP contribution in [0, 0.1) is 11.8 Å². The fourth-order valence-electron chi connectivity index (χ4n) is 2.05. The lowest BCUT2D eigenvalue weighted by molar-refractivity contribution is -0.114. The molecule has 1 rings (SSSR count). The van der Waals surface area contributed by atoms with Gasteiger partial charge in [0.25, 0.3) is 0 Å². The number of hydrogen-bond acceptors (Lipinski definition) is 4. The Balaban J connectivity index is 2.61. The molecule has 1 N–H and O–H groups in total. The molecule has 1 aromatic rings. The van der Waals surface area contributed by atoms with E-state index in [1.807, 2.05) is 5.38 Å². The van der Waals surface area contributed by atoms with Crippen LogP contribution in [0.3, 0.4) is 0 Å². The number of nitrogens with zero attached hydrogens (tertiary/aromatic N) is 2. The average molecular weight is 283 g/mol. The molecule has 0 unspecified atom stereocenters. The minimum Gasteiger partial charge on any atom is -0.302 e. The number of amides is 1. The van der Waals surface area contributed by atoms with Crippen molar-refractivity contribution in [3.05, 3.63) is 11.1 Å². The van der Waals surface area contributed by atoms with Gasteiger partial charge in [0, 0.05) is 31.9 Å². The molecule has 108 valence electrons. The van der Waals surface area contributed by atoms with Gasteiger partial charge >= 0.3 is 0 Å². The highest BCUT2D eigenvalue weighted by Gasteiger charge is 2.12. The third kappa shape index (κ3) is 6.68. The van der Waals surface area contributed by atoms with Gasteiger partial charge < -0.3 is 5.32 Å². The first-order chi connectivity index (χ1) is 8.86. The molecule has 5 heteroatoms. The molecule has 0 aromatic carbocycles. The first-order valence-electron chi connectivity index (χ1n) is 6.81. The van der Waals surface area contributed by atoms with Crippen molar-refractivity contribution in [2.24, 2.45) is 11.8 Å². The largest absolute Gasteiger partial charge is 0.302 e. The molecular formula is C14H25N3OS. The summed E-state index contributed by atoms with van der Waals surface area (Å²) in [6, 6.07) is 0. The van der Waals surface area contributed by atoms with Crippen LogP contribution in [0.4, 0.5) is 5.13 Å². The van der Waals surface area contributed by atoms with E-state index in [1.165, 1.54) is 18.3 Å². The third-order valence-corrected chi connectivity index (χ3v) is 3.27. The molecule has 0 saturated heterocycles. The highest BCUT2D eigenvalue weighted by molar-refractivity contribution is 7.13. The number of hydrogen-bond donors (Lipinski definition) is 1. The highest BCUT2D eigenvalue weighted by Crippen LogP contribution is 2.17. The summed E-state index contributed by atoms with van der Waals surface area (Å²) in [4.78, 5) is 17.9. The predicted molar refractivity (Wildman–Crippen MR) is 81.4 cm³/mol. The van der Waals surface area contributed by atoms with Gasteiger partial charge in [0.15, 0.2) is 5.13 Å². The van der Waals surface area contributed by atoms with E-state index in [9.17, 15) is 4.79 Å². The van der Waals surface area contributed by atoms with E-state index in [-0.39, 0.29) is 5.91 Å². The Morgan fingerprint density at radius 1 is 1.32 bits per heavy atom. The van der Waals surface area contributed by atoms with Gasteiger partial charge in [-0.1, -0.05) is 27.7 Å². The smallest absolute Gasteiger partial charge is 0.223 e. The van der Waals surface area contributed by atoms with E-state index in [4.69, 9.17) is 0 Å². The van der Waals surface area contributed by atoms with Gasteiger partial charge in [-0.3, -0.25) is 9.69 Å². The van der Waals surface area contributed by atoms with E-state index in [2.05, 4.69) is 42.9 Å². The second kappa shape index (κ2) is 7.60. The van der Waals surface area contributed by atoms with Crippen LogP contribution in [0.15, 0.2) is 5.38 Å². The van der Waals surface area contributed by atoms with Crippen LogP contribution in [0.1, 0.15) is 40.3 Å². The summed E-state index contributed by atoms with van der Waals surface area (Å²) < 4.78 is 0. The summed E-state index contributed by atoms with van der Waals surface area (Å²) in [5.74, 6) is 1.22. The van der Waals surface area contributed by atoms with Crippen LogP contribution in [0.25, 0.3) is 0 Å². The van der Waals surface area contributed by atoms with Gasteiger partial charge in [-0.2, -0.15) is 0 Å². The molecule has 1 aromatic heterocycles. The van der Waals surface area contributed by atoms with E-state index < -0.39 is 0 Å². The third-order valence-electron chi connectivity index (χ3n) is 2.47. The summed E-state index contributed by atoms with van der Waals surface area (Å²) in [5.41, 5.74) is 1.04. The molecule has 0 saturated carbocycles. The molecule has 0 aliphatic heterocycles. The fourth-order valence-corrected chi connectivity index (χ4v) is 2.80. The van der Waals surface area contributed by atoms with Gasteiger partial charge in [0.1, 0.15) is 0 Å². The Morgan fingerprint density at radius 3 is 2.37 bits per heavy atom. The second-order valence-corrected chi connectivity index (χ2v) is 6.67. The minimum absolute atomic E-state index is 0.0675. The first kappa shape index (κ1) is 16.1. The summed E-state index contributed by atoms with van der Waals surface area (Å²) in [7, 11) is 0. The quantitative estimate of drug-likeness (QED) is 0.835. The molecule has 0 spiro atoms. The van der Waals surface area contributed by atoms with E-state index in [0.717, 1.165) is 25.3 Å². The summed E-state index contributed by atoms with van der Waals surface area (Å²) in [5, 5.41) is 5.45. The zero-order chi connectivity index (χ0) is 14.4. The number of anilines is 1. The number of aromatic nitrogens is 1. The predicted octanol–water partition coefficient (Wildman–Crippen LogP) is 3.22. The van der Waals surface area contributed by atoms with Crippen molar-refractivity contribution >= 4 is 22.4 Å². The molecule has 19 heavy (non-hydrogen) atoms. The van der Waals surface area contributed by atoms with Crippen molar-refractivity contribution in [2.45, 2.75) is 41.2 Å². The van der Waals surface area contributed by atoms with Gasteiger partial charge in [-0.15, -0.1) is 11.3 Å². The monoisotopic (exact) mass is 283 g/mol. The first-order valence-corrected chi connectivity index (χ1v) is 7.69. The maximum absolute atomic E-state index is 11.0. The Morgan fingerprint density at radius 2 is 1.89 bits per heavy atom. The summed E-state index contributed by atoms with van der Waals surface area (Å²) >= 11 is 1.49. The van der Waals surface area contributed by atoms with Gasteiger partial charge in [-0.05, 0) is 11.8 Å². The Bertz CT molecular complexity index is 391. The topological polar surface area (TPSA) is 45.2 Å². The molecule has 0 radical (unpaired) electrons. The highest BCUT2D eigenvalue weighted by atomic mass is 32.1. The molecule has 0 aliphatic rings. The maximum Gasteiger partial charge on any atom is 0.223 e. The van der Waals surface area contributed by atoms with Gasteiger partial charge in [-0.25, -0.2) is 4.98 Å². The van der Waals surface area contributed by atoms with E-state index in [0.29, 0.717) is 17.0 Å². The lowest BCUT2D eigenvalue weighted by atomic mass is 10.1. The van der Waals surface area contributed by atoms with Crippen LogP contribution in [-0.2, 0) is 11.3 Å². The fraction of sp³-hybridized carbons (Fsp3) is 0.714. The average Bonchev–Trinajstić information content (AvgIpc) is 2.61. The van der Waals surface area contributed by atoms with Crippen molar-refractivity contribution in [1.82, 2.24) is 9.88 Å². The molecule has 4 nitrogen and oxygen atoms in total. The SMILES string of the molecule is CC(=O)Nc1nc(CN(CC(C)C)CC(C)C)cs1. The normalized spacial score (nSPS) is 11.6. The molecular weight excluding hydrogens is 258 g/mol. The lowest BCUT2D eigenvalue weighted by Crippen LogP contribution is -2.31. The van der Waals surface area contributed by atoms with Crippen LogP contribution in [0.5, 0.6) is 0 Å². The van der Waals surface area contributed by atoms with Crippen molar-refractivity contribution < 1.29 is 4.79 Å². The van der Waals surface area contributed by atoms with E-state index in [1.54, 1.807) is 0 Å². The van der Waals surface area contributed by atoms with Crippen molar-refractivity contribution in [2.75, 3.05) is 18.4 Å². The number of thiazole rings is 1. The Labute approximate surface area is 120 Å². The van der Waals surface area contributed by atoms with E-state index >= 15 is 0 Å². The minimum atomic E-state index is -0.0675. The van der Waals surface area contributed by atoms with Crippen LogP contribution in [0.2, 0.25) is 0 Å². The van der Waals surface area contributed by atoms with Crippen molar-refractivity contribution in [3.63, 3.8) is 0 Å². The number of rotatable bonds is 7. The van der Waals surface area contributed by atoms with Crippen molar-refractivity contribution in [3.8, 4) is 0 Å². The molecule has 0 aliphatic carbocycles. The Kier molecular flexibility index (Phi) is 6.45. The molecule has 0 atom stereocenters. The van der Waals surface area contributed by atoms with Crippen LogP contribution >= 0.6 is 11.3 Å². The standard InChI is InChI=1S/C14H25N3OS/c1-10(2)6-17(7-11(3)4)8-13-9-19-14(16-13)15-12(5)18/h9-11H,6-8H2,1-5H3,(H,15,16,18). The zero-order valence-corrected chi connectivity index (χ0v) is 13.4. The van der Waals surface area contributed by atoms with Crippen molar-refractivity contribution in [1.29, 1.82) is 0 Å². The number of carbonyl (C=O) groups is 1. The molecule has 0 fully saturated rings. The van der Waals surface area contributed by atoms with Gasteiger partial charge in [0.2, 0.25) is 5.91 Å². The summed E-state index contributed by atoms with van der Waals surface area (Å²) in [6.45, 7) is 13.4. The van der Waals surface area contributed by atoms with Crippen LogP contribution < -0.4 is 5.32 Å². The second-order valence-electron chi connectivity index (χ2n) is 5.81.